The largest absolute Gasteiger partial charge is 0.497 e. The van der Waals surface area contributed by atoms with Gasteiger partial charge in [-0.25, -0.2) is 4.98 Å². The third-order valence-corrected chi connectivity index (χ3v) is 3.93. The van der Waals surface area contributed by atoms with Gasteiger partial charge in [-0.2, -0.15) is 0 Å². The van der Waals surface area contributed by atoms with E-state index in [9.17, 15) is 4.79 Å². The maximum absolute atomic E-state index is 12.3. The molecule has 0 unspecified atom stereocenters. The molecule has 0 bridgehead atoms. The number of benzene rings is 1. The fraction of sp³-hybridized carbons (Fsp3) is 0.353. The minimum atomic E-state index is -0.00962. The van der Waals surface area contributed by atoms with Gasteiger partial charge in [0.25, 0.3) is 5.91 Å². The van der Waals surface area contributed by atoms with E-state index in [1.54, 1.807) is 50.0 Å². The number of piperazine rings is 1. The Hall–Kier alpha value is -2.83. The summed E-state index contributed by atoms with van der Waals surface area (Å²) in [7, 11) is 1.61. The molecule has 7 heteroatoms. The van der Waals surface area contributed by atoms with Gasteiger partial charge >= 0.3 is 0 Å². The average Bonchev–Trinajstić information content (AvgIpc) is 2.67. The van der Waals surface area contributed by atoms with Crippen molar-refractivity contribution < 1.29 is 14.3 Å². The van der Waals surface area contributed by atoms with Crippen molar-refractivity contribution in [1.29, 1.82) is 0 Å². The molecule has 1 aliphatic heterocycles. The SMILES string of the molecule is COc1ccc(OCC(=O)N2CCN(c3cnccn3)CC2)cc1. The molecule has 1 aromatic heterocycles. The first-order valence-electron chi connectivity index (χ1n) is 7.82. The third kappa shape index (κ3) is 3.92. The van der Waals surface area contributed by atoms with Gasteiger partial charge in [0.15, 0.2) is 6.61 Å². The van der Waals surface area contributed by atoms with Crippen LogP contribution in [0.4, 0.5) is 5.82 Å². The summed E-state index contributed by atoms with van der Waals surface area (Å²) < 4.78 is 10.6. The summed E-state index contributed by atoms with van der Waals surface area (Å²) in [5.41, 5.74) is 0. The van der Waals surface area contributed by atoms with Gasteiger partial charge in [-0.05, 0) is 24.3 Å². The highest BCUT2D eigenvalue weighted by molar-refractivity contribution is 5.78. The van der Waals surface area contributed by atoms with Crippen LogP contribution < -0.4 is 14.4 Å². The molecule has 1 amide bonds. The van der Waals surface area contributed by atoms with E-state index < -0.39 is 0 Å². The van der Waals surface area contributed by atoms with Crippen LogP contribution in [0.1, 0.15) is 0 Å². The zero-order valence-electron chi connectivity index (χ0n) is 13.6. The predicted molar refractivity (Wildman–Crippen MR) is 89.3 cm³/mol. The van der Waals surface area contributed by atoms with E-state index >= 15 is 0 Å². The lowest BCUT2D eigenvalue weighted by Crippen LogP contribution is -2.50. The van der Waals surface area contributed by atoms with Crippen LogP contribution in [0.15, 0.2) is 42.9 Å². The quantitative estimate of drug-likeness (QED) is 0.822. The van der Waals surface area contributed by atoms with Gasteiger partial charge in [0.05, 0.1) is 13.3 Å². The van der Waals surface area contributed by atoms with Crippen LogP contribution in [0, 0.1) is 0 Å². The van der Waals surface area contributed by atoms with E-state index in [2.05, 4.69) is 14.9 Å². The number of anilines is 1. The predicted octanol–water partition coefficient (Wildman–Crippen LogP) is 1.21. The first kappa shape index (κ1) is 16.0. The number of amides is 1. The third-order valence-electron chi connectivity index (χ3n) is 3.93. The van der Waals surface area contributed by atoms with Crippen molar-refractivity contribution in [3.63, 3.8) is 0 Å². The fourth-order valence-corrected chi connectivity index (χ4v) is 2.55. The summed E-state index contributed by atoms with van der Waals surface area (Å²) in [5, 5.41) is 0. The van der Waals surface area contributed by atoms with Crippen LogP contribution in [0.25, 0.3) is 0 Å². The van der Waals surface area contributed by atoms with Crippen LogP contribution in [-0.2, 0) is 4.79 Å². The Kier molecular flexibility index (Phi) is 5.10. The monoisotopic (exact) mass is 328 g/mol. The summed E-state index contributed by atoms with van der Waals surface area (Å²) in [5.74, 6) is 2.25. The molecule has 0 saturated carbocycles. The van der Waals surface area contributed by atoms with Crippen molar-refractivity contribution in [3.05, 3.63) is 42.9 Å². The second-order valence-electron chi connectivity index (χ2n) is 5.40. The number of hydrogen-bond acceptors (Lipinski definition) is 6. The number of ether oxygens (including phenoxy) is 2. The maximum atomic E-state index is 12.3. The van der Waals surface area contributed by atoms with Crippen LogP contribution in [0.5, 0.6) is 11.5 Å². The second kappa shape index (κ2) is 7.63. The summed E-state index contributed by atoms with van der Waals surface area (Å²) in [6, 6.07) is 7.19. The molecule has 0 aliphatic carbocycles. The Morgan fingerprint density at radius 3 is 2.42 bits per heavy atom. The Bertz CT molecular complexity index is 655. The summed E-state index contributed by atoms with van der Waals surface area (Å²) in [4.78, 5) is 24.6. The van der Waals surface area contributed by atoms with Gasteiger partial charge in [-0.3, -0.25) is 9.78 Å². The second-order valence-corrected chi connectivity index (χ2v) is 5.40. The smallest absolute Gasteiger partial charge is 0.260 e. The van der Waals surface area contributed by atoms with E-state index in [1.165, 1.54) is 0 Å². The number of carbonyl (C=O) groups excluding carboxylic acids is 1. The van der Waals surface area contributed by atoms with Crippen molar-refractivity contribution >= 4 is 11.7 Å². The minimum absolute atomic E-state index is 0.00962. The standard InChI is InChI=1S/C17H20N4O3/c1-23-14-2-4-15(5-3-14)24-13-17(22)21-10-8-20(9-11-21)16-12-18-6-7-19-16/h2-7,12H,8-11,13H2,1H3. The molecular weight excluding hydrogens is 308 g/mol. The van der Waals surface area contributed by atoms with Crippen LogP contribution in [0.3, 0.4) is 0 Å². The van der Waals surface area contributed by atoms with Crippen molar-refractivity contribution in [1.82, 2.24) is 14.9 Å². The summed E-state index contributed by atoms with van der Waals surface area (Å²) >= 11 is 0. The molecule has 0 spiro atoms. The van der Waals surface area contributed by atoms with Gasteiger partial charge in [-0.15, -0.1) is 0 Å². The molecule has 1 aromatic carbocycles. The number of carbonyl (C=O) groups is 1. The molecule has 0 N–H and O–H groups in total. The minimum Gasteiger partial charge on any atom is -0.497 e. The van der Waals surface area contributed by atoms with Gasteiger partial charge in [0.1, 0.15) is 17.3 Å². The fourth-order valence-electron chi connectivity index (χ4n) is 2.55. The summed E-state index contributed by atoms with van der Waals surface area (Å²) in [6.45, 7) is 2.83. The maximum Gasteiger partial charge on any atom is 0.260 e. The Morgan fingerprint density at radius 1 is 1.08 bits per heavy atom. The number of nitrogens with zero attached hydrogens (tertiary/aromatic N) is 4. The van der Waals surface area contributed by atoms with Crippen molar-refractivity contribution in [3.8, 4) is 11.5 Å². The molecule has 0 atom stereocenters. The first-order valence-corrected chi connectivity index (χ1v) is 7.82. The van der Waals surface area contributed by atoms with E-state index in [4.69, 9.17) is 9.47 Å². The average molecular weight is 328 g/mol. The van der Waals surface area contributed by atoms with Gasteiger partial charge in [0, 0.05) is 38.6 Å². The number of aromatic nitrogens is 2. The molecule has 24 heavy (non-hydrogen) atoms. The van der Waals surface area contributed by atoms with Crippen LogP contribution in [-0.4, -0.2) is 60.7 Å². The van der Waals surface area contributed by atoms with Crippen LogP contribution in [0.2, 0.25) is 0 Å². The van der Waals surface area contributed by atoms with E-state index in [0.717, 1.165) is 24.7 Å². The molecule has 7 nitrogen and oxygen atoms in total. The normalized spacial score (nSPS) is 14.4. The Morgan fingerprint density at radius 2 is 1.79 bits per heavy atom. The Balaban J connectivity index is 1.46. The Labute approximate surface area is 140 Å². The zero-order valence-corrected chi connectivity index (χ0v) is 13.6. The van der Waals surface area contributed by atoms with Crippen LogP contribution >= 0.6 is 0 Å². The molecule has 2 aromatic rings. The molecule has 1 aliphatic rings. The highest BCUT2D eigenvalue weighted by atomic mass is 16.5. The first-order chi connectivity index (χ1) is 11.8. The lowest BCUT2D eigenvalue weighted by molar-refractivity contribution is -0.133. The van der Waals surface area contributed by atoms with Crippen molar-refractivity contribution in [2.75, 3.05) is 44.8 Å². The van der Waals surface area contributed by atoms with E-state index in [-0.39, 0.29) is 12.5 Å². The zero-order chi connectivity index (χ0) is 16.8. The number of methoxy groups -OCH3 is 1. The topological polar surface area (TPSA) is 67.8 Å². The van der Waals surface area contributed by atoms with E-state index in [0.29, 0.717) is 18.8 Å². The highest BCUT2D eigenvalue weighted by Gasteiger charge is 2.22. The molecule has 3 rings (SSSR count). The van der Waals surface area contributed by atoms with Gasteiger partial charge in [-0.1, -0.05) is 0 Å². The number of rotatable bonds is 5. The highest BCUT2D eigenvalue weighted by Crippen LogP contribution is 2.17. The van der Waals surface area contributed by atoms with Gasteiger partial charge in [0.2, 0.25) is 0 Å². The van der Waals surface area contributed by atoms with Crippen molar-refractivity contribution in [2.45, 2.75) is 0 Å². The molecular formula is C17H20N4O3. The van der Waals surface area contributed by atoms with E-state index in [1.807, 2.05) is 4.90 Å². The molecule has 2 heterocycles. The number of hydrogen-bond donors (Lipinski definition) is 0. The van der Waals surface area contributed by atoms with Gasteiger partial charge < -0.3 is 19.3 Å². The molecule has 126 valence electrons. The molecule has 0 radical (unpaired) electrons. The van der Waals surface area contributed by atoms with Crippen molar-refractivity contribution in [2.24, 2.45) is 0 Å². The lowest BCUT2D eigenvalue weighted by Gasteiger charge is -2.35. The molecule has 1 saturated heterocycles. The lowest BCUT2D eigenvalue weighted by atomic mass is 10.3. The summed E-state index contributed by atoms with van der Waals surface area (Å²) in [6.07, 6.45) is 5.07. The molecule has 1 fully saturated rings.